The van der Waals surface area contributed by atoms with E-state index >= 15 is 0 Å². The summed E-state index contributed by atoms with van der Waals surface area (Å²) in [6.45, 7) is 7.31. The van der Waals surface area contributed by atoms with Crippen molar-refractivity contribution in [2.75, 3.05) is 20.2 Å². The Morgan fingerprint density at radius 2 is 1.95 bits per heavy atom. The molecule has 22 heavy (non-hydrogen) atoms. The number of hydrogen-bond acceptors (Lipinski definition) is 3. The molecule has 0 N–H and O–H groups in total. The number of ether oxygens (including phenoxy) is 1. The molecule has 0 bridgehead atoms. The first-order valence-electron chi connectivity index (χ1n) is 7.50. The summed E-state index contributed by atoms with van der Waals surface area (Å²) < 4.78 is 7.16. The van der Waals surface area contributed by atoms with E-state index in [1.807, 2.05) is 52.1 Å². The van der Waals surface area contributed by atoms with E-state index in [0.29, 0.717) is 18.8 Å². The zero-order valence-electron chi connectivity index (χ0n) is 13.9. The fourth-order valence-corrected chi connectivity index (χ4v) is 2.52. The predicted octanol–water partition coefficient (Wildman–Crippen LogP) is 2.89. The van der Waals surface area contributed by atoms with Crippen LogP contribution in [0.4, 0.5) is 0 Å². The van der Waals surface area contributed by atoms with Crippen LogP contribution in [0.5, 0.6) is 5.75 Å². The van der Waals surface area contributed by atoms with Crippen molar-refractivity contribution in [3.8, 4) is 17.0 Å². The van der Waals surface area contributed by atoms with Crippen molar-refractivity contribution in [1.82, 2.24) is 14.7 Å². The van der Waals surface area contributed by atoms with Gasteiger partial charge in [-0.2, -0.15) is 5.10 Å². The number of aromatic nitrogens is 2. The van der Waals surface area contributed by atoms with Gasteiger partial charge in [-0.25, -0.2) is 0 Å². The van der Waals surface area contributed by atoms with Gasteiger partial charge in [0.2, 0.25) is 0 Å². The van der Waals surface area contributed by atoms with Crippen molar-refractivity contribution < 1.29 is 9.53 Å². The molecule has 0 aliphatic carbocycles. The molecular formula is C17H23N3O2. The topological polar surface area (TPSA) is 47.4 Å². The molecule has 0 aliphatic heterocycles. The number of benzene rings is 1. The Balaban J connectivity index is 2.47. The highest BCUT2D eigenvalue weighted by molar-refractivity contribution is 5.93. The van der Waals surface area contributed by atoms with Crippen LogP contribution >= 0.6 is 0 Å². The van der Waals surface area contributed by atoms with Crippen molar-refractivity contribution in [2.24, 2.45) is 7.05 Å². The minimum Gasteiger partial charge on any atom is -0.496 e. The number of aryl methyl sites for hydroxylation is 2. The molecule has 0 fully saturated rings. The Morgan fingerprint density at radius 1 is 1.27 bits per heavy atom. The van der Waals surface area contributed by atoms with Crippen LogP contribution in [-0.4, -0.2) is 40.8 Å². The molecule has 1 aromatic carbocycles. The third-order valence-corrected chi connectivity index (χ3v) is 3.78. The lowest BCUT2D eigenvalue weighted by Gasteiger charge is -2.16. The van der Waals surface area contributed by atoms with Gasteiger partial charge in [-0.3, -0.25) is 9.48 Å². The van der Waals surface area contributed by atoms with Gasteiger partial charge in [0.1, 0.15) is 5.75 Å². The van der Waals surface area contributed by atoms with E-state index in [9.17, 15) is 4.79 Å². The number of carbonyl (C=O) groups is 1. The molecule has 1 heterocycles. The number of rotatable bonds is 5. The van der Waals surface area contributed by atoms with Gasteiger partial charge in [-0.1, -0.05) is 11.6 Å². The highest BCUT2D eigenvalue weighted by Crippen LogP contribution is 2.31. The average Bonchev–Trinajstić information content (AvgIpc) is 2.90. The largest absolute Gasteiger partial charge is 0.496 e. The Bertz CT molecular complexity index is 673. The molecule has 2 aromatic rings. The van der Waals surface area contributed by atoms with Gasteiger partial charge in [0.25, 0.3) is 5.91 Å². The molecule has 0 saturated carbocycles. The summed E-state index contributed by atoms with van der Waals surface area (Å²) in [5, 5.41) is 4.38. The highest BCUT2D eigenvalue weighted by atomic mass is 16.5. The predicted molar refractivity (Wildman–Crippen MR) is 87.2 cm³/mol. The van der Waals surface area contributed by atoms with Gasteiger partial charge >= 0.3 is 0 Å². The Labute approximate surface area is 131 Å². The van der Waals surface area contributed by atoms with Gasteiger partial charge in [0.05, 0.1) is 12.8 Å². The van der Waals surface area contributed by atoms with Crippen LogP contribution in [-0.2, 0) is 7.05 Å². The fraction of sp³-hybridized carbons (Fsp3) is 0.412. The molecule has 0 spiro atoms. The second-order valence-electron chi connectivity index (χ2n) is 5.22. The molecule has 0 radical (unpaired) electrons. The second kappa shape index (κ2) is 6.64. The summed E-state index contributed by atoms with van der Waals surface area (Å²) in [7, 11) is 3.49. The fourth-order valence-electron chi connectivity index (χ4n) is 2.52. The van der Waals surface area contributed by atoms with Gasteiger partial charge in [-0.05, 0) is 39.0 Å². The Hall–Kier alpha value is -2.30. The van der Waals surface area contributed by atoms with Gasteiger partial charge in [0.15, 0.2) is 5.69 Å². The van der Waals surface area contributed by atoms with E-state index in [1.165, 1.54) is 0 Å². The molecule has 1 aromatic heterocycles. The summed E-state index contributed by atoms with van der Waals surface area (Å²) >= 11 is 0. The van der Waals surface area contributed by atoms with Crippen molar-refractivity contribution in [1.29, 1.82) is 0 Å². The second-order valence-corrected chi connectivity index (χ2v) is 5.22. The van der Waals surface area contributed by atoms with Gasteiger partial charge < -0.3 is 9.64 Å². The Kier molecular flexibility index (Phi) is 4.85. The summed E-state index contributed by atoms with van der Waals surface area (Å²) in [4.78, 5) is 14.2. The molecule has 118 valence electrons. The third kappa shape index (κ3) is 2.98. The lowest BCUT2D eigenvalue weighted by molar-refractivity contribution is 0.0766. The zero-order chi connectivity index (χ0) is 16.3. The van der Waals surface area contributed by atoms with E-state index in [1.54, 1.807) is 16.7 Å². The van der Waals surface area contributed by atoms with E-state index in [2.05, 4.69) is 5.10 Å². The molecule has 1 amide bonds. The highest BCUT2D eigenvalue weighted by Gasteiger charge is 2.19. The van der Waals surface area contributed by atoms with E-state index < -0.39 is 0 Å². The number of nitrogens with zero attached hydrogens (tertiary/aromatic N) is 3. The molecular weight excluding hydrogens is 278 g/mol. The number of amides is 1. The van der Waals surface area contributed by atoms with Crippen LogP contribution in [0.15, 0.2) is 24.3 Å². The lowest BCUT2D eigenvalue weighted by atomic mass is 10.1. The van der Waals surface area contributed by atoms with Crippen molar-refractivity contribution in [3.05, 3.63) is 35.5 Å². The lowest BCUT2D eigenvalue weighted by Crippen LogP contribution is -2.30. The van der Waals surface area contributed by atoms with Crippen LogP contribution in [0.25, 0.3) is 11.3 Å². The first-order valence-corrected chi connectivity index (χ1v) is 7.50. The van der Waals surface area contributed by atoms with Crippen molar-refractivity contribution in [2.45, 2.75) is 20.8 Å². The SMILES string of the molecule is CCN(CC)C(=O)c1cc(-c2cc(C)ccc2OC)n(C)n1. The monoisotopic (exact) mass is 301 g/mol. The van der Waals surface area contributed by atoms with Crippen LogP contribution < -0.4 is 4.74 Å². The molecule has 0 aliphatic rings. The van der Waals surface area contributed by atoms with Crippen molar-refractivity contribution in [3.63, 3.8) is 0 Å². The minimum atomic E-state index is -0.0431. The van der Waals surface area contributed by atoms with Gasteiger partial charge in [0, 0.05) is 25.7 Å². The molecule has 5 heteroatoms. The van der Waals surface area contributed by atoms with Crippen LogP contribution in [0.2, 0.25) is 0 Å². The average molecular weight is 301 g/mol. The first-order chi connectivity index (χ1) is 10.5. The molecule has 5 nitrogen and oxygen atoms in total. The van der Waals surface area contributed by atoms with Crippen LogP contribution in [0, 0.1) is 6.92 Å². The van der Waals surface area contributed by atoms with Crippen molar-refractivity contribution >= 4 is 5.91 Å². The normalized spacial score (nSPS) is 10.6. The number of hydrogen-bond donors (Lipinski definition) is 0. The molecule has 2 rings (SSSR count). The molecule has 0 atom stereocenters. The minimum absolute atomic E-state index is 0.0431. The third-order valence-electron chi connectivity index (χ3n) is 3.78. The number of methoxy groups -OCH3 is 1. The van der Waals surface area contributed by atoms with Crippen LogP contribution in [0.1, 0.15) is 29.9 Å². The maximum Gasteiger partial charge on any atom is 0.274 e. The molecule has 0 unspecified atom stereocenters. The summed E-state index contributed by atoms with van der Waals surface area (Å²) in [5.74, 6) is 0.730. The zero-order valence-corrected chi connectivity index (χ0v) is 13.9. The van der Waals surface area contributed by atoms with E-state index in [4.69, 9.17) is 4.74 Å². The Morgan fingerprint density at radius 3 is 2.55 bits per heavy atom. The first kappa shape index (κ1) is 16.1. The summed E-state index contributed by atoms with van der Waals surface area (Å²) in [6.07, 6.45) is 0. The van der Waals surface area contributed by atoms with E-state index in [0.717, 1.165) is 22.6 Å². The summed E-state index contributed by atoms with van der Waals surface area (Å²) in [5.41, 5.74) is 3.41. The van der Waals surface area contributed by atoms with E-state index in [-0.39, 0.29) is 5.91 Å². The maximum atomic E-state index is 12.4. The maximum absolute atomic E-state index is 12.4. The quantitative estimate of drug-likeness (QED) is 0.853. The van der Waals surface area contributed by atoms with Crippen LogP contribution in [0.3, 0.4) is 0 Å². The smallest absolute Gasteiger partial charge is 0.274 e. The summed E-state index contributed by atoms with van der Waals surface area (Å²) in [6, 6.07) is 7.81. The van der Waals surface area contributed by atoms with Gasteiger partial charge in [-0.15, -0.1) is 0 Å². The standard InChI is InChI=1S/C17H23N3O2/c1-6-20(7-2)17(21)14-11-15(19(4)18-14)13-10-12(3)8-9-16(13)22-5/h8-11H,6-7H2,1-5H3. The number of carbonyl (C=O) groups excluding carboxylic acids is 1. The molecule has 0 saturated heterocycles.